The van der Waals surface area contributed by atoms with Crippen molar-refractivity contribution in [3.05, 3.63) is 63.9 Å². The molecule has 0 unspecified atom stereocenters. The van der Waals surface area contributed by atoms with Crippen LogP contribution >= 0.6 is 0 Å². The van der Waals surface area contributed by atoms with Crippen molar-refractivity contribution < 1.29 is 14.6 Å². The summed E-state index contributed by atoms with van der Waals surface area (Å²) in [6.07, 6.45) is 2.24. The van der Waals surface area contributed by atoms with E-state index in [2.05, 4.69) is 51.1 Å². The van der Waals surface area contributed by atoms with Gasteiger partial charge in [-0.3, -0.25) is 0 Å². The topological polar surface area (TPSA) is 49.7 Å². The summed E-state index contributed by atoms with van der Waals surface area (Å²) in [7, 11) is -3.38. The monoisotopic (exact) mass is 426 g/mol. The molecule has 0 amide bonds. The lowest BCUT2D eigenvalue weighted by molar-refractivity contribution is 0.0354. The van der Waals surface area contributed by atoms with E-state index in [1.807, 2.05) is 49.4 Å². The van der Waals surface area contributed by atoms with Gasteiger partial charge in [-0.1, -0.05) is 61.8 Å². The molecule has 1 saturated carbocycles. The van der Waals surface area contributed by atoms with Gasteiger partial charge >= 0.3 is 0 Å². The van der Waals surface area contributed by atoms with Crippen LogP contribution in [0.3, 0.4) is 0 Å². The number of rotatable bonds is 5. The smallest absolute Gasteiger partial charge is 0.184 e. The molecule has 2 rings (SSSR count). The van der Waals surface area contributed by atoms with Crippen molar-refractivity contribution in [2.45, 2.75) is 58.4 Å². The minimum Gasteiger partial charge on any atom is -0.414 e. The van der Waals surface area contributed by atoms with Crippen LogP contribution < -0.4 is 0 Å². The number of allylic oxidation sites excluding steroid dienone is 2. The molecule has 0 heterocycles. The summed E-state index contributed by atoms with van der Waals surface area (Å²) in [5.74, 6) is 6.59. The summed E-state index contributed by atoms with van der Waals surface area (Å²) in [5.41, 5.74) is 3.55. The fourth-order valence-electron chi connectivity index (χ4n) is 3.03. The van der Waals surface area contributed by atoms with E-state index >= 15 is 0 Å². The largest absolute Gasteiger partial charge is 0.414 e. The first-order chi connectivity index (χ1) is 13.4. The van der Waals surface area contributed by atoms with Crippen molar-refractivity contribution in [3.8, 4) is 11.8 Å². The second-order valence-electron chi connectivity index (χ2n) is 9.50. The summed E-state index contributed by atoms with van der Waals surface area (Å²) in [5, 5.41) is 21.9. The van der Waals surface area contributed by atoms with Crippen molar-refractivity contribution in [2.24, 2.45) is 0 Å². The first-order valence-corrected chi connectivity index (χ1v) is 17.0. The average Bonchev–Trinajstić information content (AvgIpc) is 2.62. The molecule has 1 aromatic carbocycles. The molecule has 29 heavy (non-hydrogen) atoms. The predicted molar refractivity (Wildman–Crippen MR) is 128 cm³/mol. The van der Waals surface area contributed by atoms with Crippen LogP contribution in [0.5, 0.6) is 0 Å². The average molecular weight is 427 g/mol. The third kappa shape index (κ3) is 6.66. The van der Waals surface area contributed by atoms with Crippen LogP contribution in [-0.4, -0.2) is 45.4 Å². The van der Waals surface area contributed by atoms with Gasteiger partial charge in [0.15, 0.2) is 8.32 Å². The molecule has 0 spiro atoms. The van der Waals surface area contributed by atoms with Gasteiger partial charge in [0.2, 0.25) is 0 Å². The summed E-state index contributed by atoms with van der Waals surface area (Å²) < 4.78 is 5.88. The Morgan fingerprint density at radius 2 is 1.62 bits per heavy atom. The Kier molecular flexibility index (Phi) is 7.66. The number of aliphatic hydroxyl groups excluding tert-OH is 2. The molecule has 2 atom stereocenters. The highest BCUT2D eigenvalue weighted by Crippen LogP contribution is 2.40. The third-order valence-corrected chi connectivity index (χ3v) is 7.58. The van der Waals surface area contributed by atoms with E-state index in [4.69, 9.17) is 4.43 Å². The van der Waals surface area contributed by atoms with E-state index in [-0.39, 0.29) is 0 Å². The Morgan fingerprint density at radius 3 is 2.17 bits per heavy atom. The Morgan fingerprint density at radius 1 is 1.00 bits per heavy atom. The van der Waals surface area contributed by atoms with Gasteiger partial charge in [0.05, 0.1) is 14.7 Å². The Balaban J connectivity index is 2.40. The zero-order valence-corrected chi connectivity index (χ0v) is 20.7. The number of hydrogen-bond donors (Lipinski definition) is 2. The molecule has 0 bridgehead atoms. The Labute approximate surface area is 178 Å². The fourth-order valence-corrected chi connectivity index (χ4v) is 5.15. The van der Waals surface area contributed by atoms with Crippen LogP contribution in [0.25, 0.3) is 6.08 Å². The highest BCUT2D eigenvalue weighted by atomic mass is 28.4. The highest BCUT2D eigenvalue weighted by molar-refractivity contribution is 6.84. The van der Waals surface area contributed by atoms with Gasteiger partial charge in [-0.2, -0.15) is 0 Å². The number of hydrogen-bond acceptors (Lipinski definition) is 3. The predicted octanol–water partition coefficient (Wildman–Crippen LogP) is 4.78. The van der Waals surface area contributed by atoms with Crippen LogP contribution in [0.1, 0.15) is 12.5 Å². The zero-order valence-electron chi connectivity index (χ0n) is 18.7. The molecule has 3 nitrogen and oxygen atoms in total. The minimum absolute atomic E-state index is 0.579. The van der Waals surface area contributed by atoms with Crippen molar-refractivity contribution in [1.82, 2.24) is 0 Å². The van der Waals surface area contributed by atoms with E-state index in [1.165, 1.54) is 0 Å². The first-order valence-electron chi connectivity index (χ1n) is 10.1. The maximum Gasteiger partial charge on any atom is 0.184 e. The quantitative estimate of drug-likeness (QED) is 0.526. The molecule has 1 aromatic rings. The van der Waals surface area contributed by atoms with Crippen molar-refractivity contribution in [1.29, 1.82) is 0 Å². The number of aliphatic hydroxyl groups is 2. The lowest BCUT2D eigenvalue weighted by atomic mass is 9.78. The summed E-state index contributed by atoms with van der Waals surface area (Å²) in [6, 6.07) is 9.88. The molecule has 1 aliphatic rings. The Bertz CT molecular complexity index is 873. The molecule has 0 aromatic heterocycles. The van der Waals surface area contributed by atoms with E-state index in [0.29, 0.717) is 6.61 Å². The van der Waals surface area contributed by atoms with Gasteiger partial charge in [-0.25, -0.2) is 0 Å². The molecular formula is C24H34O3Si2. The van der Waals surface area contributed by atoms with Crippen molar-refractivity contribution >= 4 is 22.5 Å². The summed E-state index contributed by atoms with van der Waals surface area (Å²) in [6.45, 7) is 15.7. The van der Waals surface area contributed by atoms with E-state index < -0.39 is 28.6 Å². The standard InChI is InChI=1S/C24H34O3Si2/c1-18(15-16-27-29(5,6)7)13-14-21(28(2,3)4)22-20(23(25)24(22)26)17-19-11-9-8-10-12-19/h8-12,15,17,23-26H,16H2,1-7H3/b18-15+,20-17-,22-21-/t23-,24+/m1/s1. The van der Waals surface area contributed by atoms with E-state index in [0.717, 1.165) is 27.5 Å². The fraction of sp³-hybridized carbons (Fsp3) is 0.417. The van der Waals surface area contributed by atoms with E-state index in [9.17, 15) is 10.2 Å². The molecular weight excluding hydrogens is 392 g/mol. The van der Waals surface area contributed by atoms with Gasteiger partial charge in [-0.05, 0) is 66.2 Å². The highest BCUT2D eigenvalue weighted by Gasteiger charge is 2.42. The second kappa shape index (κ2) is 9.42. The lowest BCUT2D eigenvalue weighted by Gasteiger charge is -2.39. The van der Waals surface area contributed by atoms with Crippen molar-refractivity contribution in [2.75, 3.05) is 6.61 Å². The van der Waals surface area contributed by atoms with Gasteiger partial charge in [0, 0.05) is 0 Å². The Hall–Kier alpha value is -1.69. The SMILES string of the molecule is C/C(C#C/C(=C1\C(=C\c2ccccc2)[C@@H](O)[C@H]1O)[Si](C)(C)C)=C\CO[Si](C)(C)C. The maximum atomic E-state index is 10.5. The number of benzene rings is 1. The van der Waals surface area contributed by atoms with Crippen LogP contribution in [0, 0.1) is 11.8 Å². The first kappa shape index (κ1) is 23.6. The third-order valence-electron chi connectivity index (χ3n) is 4.66. The summed E-state index contributed by atoms with van der Waals surface area (Å²) in [4.78, 5) is 0. The summed E-state index contributed by atoms with van der Waals surface area (Å²) >= 11 is 0. The molecule has 5 heteroatoms. The van der Waals surface area contributed by atoms with Crippen LogP contribution in [0.15, 0.2) is 58.3 Å². The van der Waals surface area contributed by atoms with Crippen LogP contribution in [-0.2, 0) is 4.43 Å². The molecule has 0 aliphatic heterocycles. The molecule has 0 radical (unpaired) electrons. The lowest BCUT2D eigenvalue weighted by Crippen LogP contribution is -2.45. The molecule has 156 valence electrons. The second-order valence-corrected chi connectivity index (χ2v) is 19.0. The maximum absolute atomic E-state index is 10.5. The van der Waals surface area contributed by atoms with Crippen LogP contribution in [0.2, 0.25) is 39.3 Å². The van der Waals surface area contributed by atoms with Gasteiger partial charge < -0.3 is 14.6 Å². The van der Waals surface area contributed by atoms with E-state index in [1.54, 1.807) is 0 Å². The molecule has 1 aliphatic carbocycles. The zero-order chi connectivity index (χ0) is 21.8. The van der Waals surface area contributed by atoms with Gasteiger partial charge in [0.1, 0.15) is 12.2 Å². The van der Waals surface area contributed by atoms with Gasteiger partial charge in [-0.15, -0.1) is 0 Å². The minimum atomic E-state index is -1.84. The normalized spacial score (nSPS) is 23.3. The van der Waals surface area contributed by atoms with Crippen molar-refractivity contribution in [3.63, 3.8) is 0 Å². The van der Waals surface area contributed by atoms with Gasteiger partial charge in [0.25, 0.3) is 0 Å². The molecule has 0 saturated heterocycles. The molecule has 2 N–H and O–H groups in total. The van der Waals surface area contributed by atoms with Crippen LogP contribution in [0.4, 0.5) is 0 Å². The molecule has 1 fully saturated rings.